The van der Waals surface area contributed by atoms with Gasteiger partial charge in [-0.3, -0.25) is 9.69 Å². The predicted octanol–water partition coefficient (Wildman–Crippen LogP) is 5.49. The normalized spacial score (nSPS) is 16.6. The van der Waals surface area contributed by atoms with Gasteiger partial charge in [-0.05, 0) is 60.0 Å². The summed E-state index contributed by atoms with van der Waals surface area (Å²) >= 11 is 6.05. The van der Waals surface area contributed by atoms with E-state index in [-0.39, 0.29) is 17.4 Å². The second-order valence-electron chi connectivity index (χ2n) is 7.62. The van der Waals surface area contributed by atoms with Crippen molar-refractivity contribution in [1.29, 1.82) is 0 Å². The van der Waals surface area contributed by atoms with E-state index in [4.69, 9.17) is 21.1 Å². The molecule has 4 nitrogen and oxygen atoms in total. The second kappa shape index (κ2) is 8.17. The Morgan fingerprint density at radius 1 is 1.10 bits per heavy atom. The van der Waals surface area contributed by atoms with Gasteiger partial charge >= 0.3 is 0 Å². The molecule has 156 valence electrons. The monoisotopic (exact) mass is 435 g/mol. The van der Waals surface area contributed by atoms with Gasteiger partial charge in [-0.15, -0.1) is 0 Å². The van der Waals surface area contributed by atoms with Gasteiger partial charge in [-0.1, -0.05) is 35.9 Å². The Hall–Kier alpha value is -3.15. The highest BCUT2D eigenvalue weighted by Gasteiger charge is 2.33. The first-order valence-corrected chi connectivity index (χ1v) is 10.4. The lowest BCUT2D eigenvalue weighted by molar-refractivity contribution is 0.0949. The number of carbonyl (C=O) groups excluding carboxylic acids is 1. The maximum Gasteiger partial charge on any atom is 0.231 e. The number of ether oxygens (including phenoxy) is 2. The standard InChI is InChI=1S/C25H19ClFNO3/c26-18-3-1-2-17(12-18)13-23-24(29)20-8-9-22-21(25(20)31-23)14-28(15-30-22)11-10-16-4-6-19(27)7-5-16/h1-9,12-13H,10-11,14-15H2/b23-13-. The summed E-state index contributed by atoms with van der Waals surface area (Å²) < 4.78 is 25.0. The van der Waals surface area contributed by atoms with Crippen LogP contribution in [0.5, 0.6) is 11.5 Å². The third kappa shape index (κ3) is 4.07. The lowest BCUT2D eigenvalue weighted by Crippen LogP contribution is -2.33. The molecule has 0 aromatic heterocycles. The second-order valence-corrected chi connectivity index (χ2v) is 8.05. The molecule has 3 aromatic carbocycles. The first-order chi connectivity index (χ1) is 15.1. The van der Waals surface area contributed by atoms with Crippen LogP contribution in [0, 0.1) is 5.82 Å². The summed E-state index contributed by atoms with van der Waals surface area (Å²) in [6, 6.07) is 17.4. The van der Waals surface area contributed by atoms with Crippen molar-refractivity contribution in [2.75, 3.05) is 13.3 Å². The van der Waals surface area contributed by atoms with Crippen LogP contribution in [0.15, 0.2) is 66.4 Å². The molecule has 0 fully saturated rings. The molecule has 2 heterocycles. The summed E-state index contributed by atoms with van der Waals surface area (Å²) in [6.45, 7) is 1.80. The maximum atomic E-state index is 13.1. The van der Waals surface area contributed by atoms with Crippen molar-refractivity contribution in [3.05, 3.63) is 99.5 Å². The minimum Gasteiger partial charge on any atom is -0.478 e. The summed E-state index contributed by atoms with van der Waals surface area (Å²) in [4.78, 5) is 15.0. The Bertz CT molecular complexity index is 1190. The predicted molar refractivity (Wildman–Crippen MR) is 117 cm³/mol. The van der Waals surface area contributed by atoms with Crippen LogP contribution in [0.1, 0.15) is 27.0 Å². The maximum absolute atomic E-state index is 13.1. The van der Waals surface area contributed by atoms with Crippen molar-refractivity contribution in [3.63, 3.8) is 0 Å². The van der Waals surface area contributed by atoms with Crippen molar-refractivity contribution in [2.45, 2.75) is 13.0 Å². The number of ketones is 1. The first-order valence-electron chi connectivity index (χ1n) is 10.0. The van der Waals surface area contributed by atoms with Crippen LogP contribution in [-0.2, 0) is 13.0 Å². The summed E-state index contributed by atoms with van der Waals surface area (Å²) in [5.74, 6) is 1.17. The number of benzene rings is 3. The van der Waals surface area contributed by atoms with E-state index in [1.54, 1.807) is 36.4 Å². The molecule has 2 aliphatic heterocycles. The number of hydrogen-bond acceptors (Lipinski definition) is 4. The number of Topliss-reactive ketones (excluding diaryl/α,β-unsaturated/α-hetero) is 1. The zero-order valence-corrected chi connectivity index (χ0v) is 17.4. The average molecular weight is 436 g/mol. The molecule has 0 radical (unpaired) electrons. The van der Waals surface area contributed by atoms with E-state index in [0.29, 0.717) is 29.6 Å². The molecule has 0 amide bonds. The molecular weight excluding hydrogens is 417 g/mol. The topological polar surface area (TPSA) is 38.8 Å². The zero-order valence-electron chi connectivity index (χ0n) is 16.6. The van der Waals surface area contributed by atoms with E-state index in [0.717, 1.165) is 35.4 Å². The lowest BCUT2D eigenvalue weighted by Gasteiger charge is -2.29. The van der Waals surface area contributed by atoms with Crippen molar-refractivity contribution < 1.29 is 18.7 Å². The van der Waals surface area contributed by atoms with Crippen molar-refractivity contribution in [2.24, 2.45) is 0 Å². The molecule has 2 aliphatic rings. The number of halogens is 2. The minimum absolute atomic E-state index is 0.152. The largest absolute Gasteiger partial charge is 0.478 e. The quantitative estimate of drug-likeness (QED) is 0.508. The summed E-state index contributed by atoms with van der Waals surface area (Å²) in [5.41, 5.74) is 3.26. The molecule has 0 spiro atoms. The molecule has 0 N–H and O–H groups in total. The lowest BCUT2D eigenvalue weighted by atomic mass is 10.0. The van der Waals surface area contributed by atoms with E-state index in [1.807, 2.05) is 18.2 Å². The van der Waals surface area contributed by atoms with Crippen LogP contribution in [-0.4, -0.2) is 24.0 Å². The molecule has 31 heavy (non-hydrogen) atoms. The Kier molecular flexibility index (Phi) is 5.22. The molecule has 0 saturated heterocycles. The third-order valence-corrected chi connectivity index (χ3v) is 5.69. The Morgan fingerprint density at radius 2 is 1.94 bits per heavy atom. The average Bonchev–Trinajstić information content (AvgIpc) is 3.09. The molecule has 6 heteroatoms. The number of hydrogen-bond donors (Lipinski definition) is 0. The van der Waals surface area contributed by atoms with Crippen LogP contribution in [0.25, 0.3) is 6.08 Å². The van der Waals surface area contributed by atoms with E-state index in [1.165, 1.54) is 12.1 Å². The van der Waals surface area contributed by atoms with Crippen LogP contribution in [0.3, 0.4) is 0 Å². The molecule has 0 bridgehead atoms. The van der Waals surface area contributed by atoms with Gasteiger partial charge in [-0.25, -0.2) is 4.39 Å². The summed E-state index contributed by atoms with van der Waals surface area (Å²) in [7, 11) is 0. The number of rotatable bonds is 4. The fraction of sp³-hybridized carbons (Fsp3) is 0.160. The molecule has 0 saturated carbocycles. The number of fused-ring (bicyclic) bond motifs is 3. The third-order valence-electron chi connectivity index (χ3n) is 5.46. The molecule has 3 aromatic rings. The SMILES string of the molecule is O=C1/C(=C/c2cccc(Cl)c2)Oc2c1ccc1c2CN(CCc2ccc(F)cc2)CO1. The first kappa shape index (κ1) is 19.8. The number of nitrogens with zero attached hydrogens (tertiary/aromatic N) is 1. The molecule has 5 rings (SSSR count). The van der Waals surface area contributed by atoms with E-state index in [9.17, 15) is 9.18 Å². The van der Waals surface area contributed by atoms with Crippen molar-refractivity contribution >= 4 is 23.5 Å². The van der Waals surface area contributed by atoms with Gasteiger partial charge in [0.2, 0.25) is 5.78 Å². The van der Waals surface area contributed by atoms with Gasteiger partial charge in [0, 0.05) is 18.1 Å². The fourth-order valence-corrected chi connectivity index (χ4v) is 4.03. The van der Waals surface area contributed by atoms with E-state index >= 15 is 0 Å². The fourth-order valence-electron chi connectivity index (χ4n) is 3.83. The molecule has 0 aliphatic carbocycles. The van der Waals surface area contributed by atoms with Gasteiger partial charge in [0.15, 0.2) is 5.76 Å². The van der Waals surface area contributed by atoms with Crippen molar-refractivity contribution in [1.82, 2.24) is 4.90 Å². The van der Waals surface area contributed by atoms with Crippen LogP contribution >= 0.6 is 11.6 Å². The van der Waals surface area contributed by atoms with Crippen LogP contribution < -0.4 is 9.47 Å². The smallest absolute Gasteiger partial charge is 0.231 e. The van der Waals surface area contributed by atoms with E-state index in [2.05, 4.69) is 4.90 Å². The highest BCUT2D eigenvalue weighted by atomic mass is 35.5. The van der Waals surface area contributed by atoms with Crippen LogP contribution in [0.4, 0.5) is 4.39 Å². The van der Waals surface area contributed by atoms with E-state index < -0.39 is 0 Å². The molecular formula is C25H19ClFNO3. The Morgan fingerprint density at radius 3 is 2.74 bits per heavy atom. The van der Waals surface area contributed by atoms with Crippen molar-refractivity contribution in [3.8, 4) is 11.5 Å². The highest BCUT2D eigenvalue weighted by molar-refractivity contribution is 6.30. The van der Waals surface area contributed by atoms with Gasteiger partial charge in [0.05, 0.1) is 11.1 Å². The van der Waals surface area contributed by atoms with Crippen LogP contribution in [0.2, 0.25) is 5.02 Å². The van der Waals surface area contributed by atoms with Gasteiger partial charge in [0.25, 0.3) is 0 Å². The number of carbonyl (C=O) groups is 1. The summed E-state index contributed by atoms with van der Waals surface area (Å²) in [5, 5.41) is 0.597. The Balaban J connectivity index is 1.36. The molecule has 0 atom stereocenters. The minimum atomic E-state index is -0.238. The van der Waals surface area contributed by atoms with Gasteiger partial charge in [0.1, 0.15) is 24.0 Å². The summed E-state index contributed by atoms with van der Waals surface area (Å²) in [6.07, 6.45) is 2.48. The van der Waals surface area contributed by atoms with Gasteiger partial charge in [-0.2, -0.15) is 0 Å². The Labute approximate surface area is 184 Å². The number of allylic oxidation sites excluding steroid dienone is 1. The van der Waals surface area contributed by atoms with Gasteiger partial charge < -0.3 is 9.47 Å². The zero-order chi connectivity index (χ0) is 21.4. The molecule has 0 unspecified atom stereocenters. The highest BCUT2D eigenvalue weighted by Crippen LogP contribution is 2.42.